The van der Waals surface area contributed by atoms with Gasteiger partial charge in [-0.1, -0.05) is 142 Å². The van der Waals surface area contributed by atoms with Crippen molar-refractivity contribution in [2.24, 2.45) is 0 Å². The zero-order valence-electron chi connectivity index (χ0n) is 26.0. The van der Waals surface area contributed by atoms with Crippen molar-refractivity contribution in [3.05, 3.63) is 12.2 Å². The van der Waals surface area contributed by atoms with Crippen molar-refractivity contribution < 1.29 is 20.1 Å². The first-order chi connectivity index (χ1) is 19.0. The number of carbonyl (C=O) groups excluding carboxylic acids is 1. The second-order valence-corrected chi connectivity index (χ2v) is 11.8. The standard InChI is InChI=1S/C34H67NO4/c1-3-5-7-9-11-13-14-15-16-17-18-20-21-23-25-27-31(37)29-34(39)35-32(30-36)33(38)28-26-24-22-19-12-10-8-6-4-2/h15-16,31-33,36-38H,3-14,17-30H2,1-2H3,(H,35,39)/b16-15-. The zero-order valence-corrected chi connectivity index (χ0v) is 26.0. The molecule has 39 heavy (non-hydrogen) atoms. The summed E-state index contributed by atoms with van der Waals surface area (Å²) in [5.74, 6) is -0.291. The van der Waals surface area contributed by atoms with Gasteiger partial charge < -0.3 is 20.6 Å². The number of allylic oxidation sites excluding steroid dienone is 2. The van der Waals surface area contributed by atoms with Gasteiger partial charge in [0.1, 0.15) is 0 Å². The number of hydrogen-bond acceptors (Lipinski definition) is 4. The molecule has 5 heteroatoms. The number of aliphatic hydroxyl groups is 3. The Hall–Kier alpha value is -0.910. The molecule has 232 valence electrons. The molecule has 0 saturated heterocycles. The number of unbranched alkanes of at least 4 members (excludes halogenated alkanes) is 19. The molecule has 0 heterocycles. The molecule has 0 aromatic heterocycles. The highest BCUT2D eigenvalue weighted by atomic mass is 16.3. The number of carbonyl (C=O) groups is 1. The van der Waals surface area contributed by atoms with Gasteiger partial charge in [0.15, 0.2) is 0 Å². The molecule has 0 aliphatic heterocycles. The molecule has 4 N–H and O–H groups in total. The van der Waals surface area contributed by atoms with E-state index in [0.29, 0.717) is 12.8 Å². The van der Waals surface area contributed by atoms with Crippen LogP contribution in [0.3, 0.4) is 0 Å². The second-order valence-electron chi connectivity index (χ2n) is 11.8. The quantitative estimate of drug-likeness (QED) is 0.0530. The summed E-state index contributed by atoms with van der Waals surface area (Å²) in [6.07, 6.45) is 31.6. The van der Waals surface area contributed by atoms with E-state index in [1.165, 1.54) is 109 Å². The van der Waals surface area contributed by atoms with Crippen LogP contribution in [-0.4, -0.2) is 46.1 Å². The average molecular weight is 554 g/mol. The maximum Gasteiger partial charge on any atom is 0.222 e. The minimum atomic E-state index is -0.744. The Kier molecular flexibility index (Phi) is 29.4. The summed E-state index contributed by atoms with van der Waals surface area (Å²) in [5, 5.41) is 33.0. The molecule has 0 aromatic carbocycles. The van der Waals surface area contributed by atoms with Crippen LogP contribution in [0.25, 0.3) is 0 Å². The molecule has 3 atom stereocenters. The molecule has 0 bridgehead atoms. The Morgan fingerprint density at radius 3 is 1.49 bits per heavy atom. The number of rotatable bonds is 30. The van der Waals surface area contributed by atoms with Crippen molar-refractivity contribution in [1.29, 1.82) is 0 Å². The number of aliphatic hydroxyl groups excluding tert-OH is 3. The lowest BCUT2D eigenvalue weighted by Crippen LogP contribution is -2.46. The largest absolute Gasteiger partial charge is 0.394 e. The topological polar surface area (TPSA) is 89.8 Å². The van der Waals surface area contributed by atoms with Crippen molar-refractivity contribution in [2.45, 2.75) is 193 Å². The fourth-order valence-corrected chi connectivity index (χ4v) is 5.16. The van der Waals surface area contributed by atoms with E-state index in [1.807, 2.05) is 0 Å². The van der Waals surface area contributed by atoms with Crippen LogP contribution in [0.4, 0.5) is 0 Å². The van der Waals surface area contributed by atoms with Gasteiger partial charge in [-0.05, 0) is 38.5 Å². The fraction of sp³-hybridized carbons (Fsp3) is 0.912. The first-order valence-electron chi connectivity index (χ1n) is 17.0. The molecular weight excluding hydrogens is 486 g/mol. The van der Waals surface area contributed by atoms with Crippen molar-refractivity contribution in [2.75, 3.05) is 6.61 Å². The van der Waals surface area contributed by atoms with Gasteiger partial charge in [-0.15, -0.1) is 0 Å². The molecule has 0 aliphatic rings. The van der Waals surface area contributed by atoms with Gasteiger partial charge in [0, 0.05) is 0 Å². The van der Waals surface area contributed by atoms with Gasteiger partial charge in [-0.3, -0.25) is 4.79 Å². The summed E-state index contributed by atoms with van der Waals surface area (Å²) in [5.41, 5.74) is 0. The summed E-state index contributed by atoms with van der Waals surface area (Å²) in [7, 11) is 0. The van der Waals surface area contributed by atoms with Crippen LogP contribution in [0.2, 0.25) is 0 Å². The third-order valence-corrected chi connectivity index (χ3v) is 7.83. The van der Waals surface area contributed by atoms with Gasteiger partial charge in [0.25, 0.3) is 0 Å². The highest BCUT2D eigenvalue weighted by molar-refractivity contribution is 5.76. The Balaban J connectivity index is 3.70. The molecule has 5 nitrogen and oxygen atoms in total. The molecule has 0 saturated carbocycles. The van der Waals surface area contributed by atoms with Gasteiger partial charge in [0.2, 0.25) is 5.91 Å². The first-order valence-corrected chi connectivity index (χ1v) is 17.0. The molecular formula is C34H67NO4. The van der Waals surface area contributed by atoms with E-state index in [4.69, 9.17) is 0 Å². The average Bonchev–Trinajstić information content (AvgIpc) is 2.92. The third-order valence-electron chi connectivity index (χ3n) is 7.83. The van der Waals surface area contributed by atoms with E-state index in [9.17, 15) is 20.1 Å². The van der Waals surface area contributed by atoms with E-state index in [0.717, 1.165) is 32.1 Å². The van der Waals surface area contributed by atoms with Crippen molar-refractivity contribution >= 4 is 5.91 Å². The van der Waals surface area contributed by atoms with Crippen LogP contribution in [-0.2, 0) is 4.79 Å². The lowest BCUT2D eigenvalue weighted by Gasteiger charge is -2.23. The van der Waals surface area contributed by atoms with Gasteiger partial charge >= 0.3 is 0 Å². The predicted octanol–water partition coefficient (Wildman–Crippen LogP) is 8.53. The van der Waals surface area contributed by atoms with E-state index in [2.05, 4.69) is 31.3 Å². The molecule has 1 amide bonds. The van der Waals surface area contributed by atoms with E-state index in [1.54, 1.807) is 0 Å². The first kappa shape index (κ1) is 38.1. The van der Waals surface area contributed by atoms with Crippen LogP contribution in [0, 0.1) is 0 Å². The summed E-state index contributed by atoms with van der Waals surface area (Å²) >= 11 is 0. The summed E-state index contributed by atoms with van der Waals surface area (Å²) in [6.45, 7) is 4.21. The Morgan fingerprint density at radius 1 is 0.615 bits per heavy atom. The third kappa shape index (κ3) is 27.0. The number of nitrogens with one attached hydrogen (secondary N) is 1. The second kappa shape index (κ2) is 30.1. The zero-order chi connectivity index (χ0) is 28.8. The molecule has 3 unspecified atom stereocenters. The minimum absolute atomic E-state index is 0.0324. The van der Waals surface area contributed by atoms with Crippen molar-refractivity contribution in [3.63, 3.8) is 0 Å². The normalized spacial score (nSPS) is 14.1. The van der Waals surface area contributed by atoms with Crippen LogP contribution < -0.4 is 5.32 Å². The van der Waals surface area contributed by atoms with E-state index < -0.39 is 18.2 Å². The molecule has 0 spiro atoms. The molecule has 0 radical (unpaired) electrons. The number of amides is 1. The van der Waals surface area contributed by atoms with Crippen molar-refractivity contribution in [3.8, 4) is 0 Å². The van der Waals surface area contributed by atoms with Crippen LogP contribution in [0.1, 0.15) is 174 Å². The lowest BCUT2D eigenvalue weighted by atomic mass is 10.0. The van der Waals surface area contributed by atoms with E-state index >= 15 is 0 Å². The highest BCUT2D eigenvalue weighted by Gasteiger charge is 2.21. The van der Waals surface area contributed by atoms with Crippen molar-refractivity contribution in [1.82, 2.24) is 5.32 Å². The van der Waals surface area contributed by atoms with E-state index in [-0.39, 0.29) is 18.9 Å². The fourth-order valence-electron chi connectivity index (χ4n) is 5.16. The predicted molar refractivity (Wildman–Crippen MR) is 167 cm³/mol. The molecule has 0 aliphatic carbocycles. The smallest absolute Gasteiger partial charge is 0.222 e. The number of hydrogen-bond donors (Lipinski definition) is 4. The Labute approximate surface area is 242 Å². The maximum atomic E-state index is 12.3. The van der Waals surface area contributed by atoms with Gasteiger partial charge in [0.05, 0.1) is 31.3 Å². The van der Waals surface area contributed by atoms with Crippen LogP contribution >= 0.6 is 0 Å². The maximum absolute atomic E-state index is 12.3. The van der Waals surface area contributed by atoms with Crippen LogP contribution in [0.15, 0.2) is 12.2 Å². The summed E-state index contributed by atoms with van der Waals surface area (Å²) in [6, 6.07) is -0.654. The van der Waals surface area contributed by atoms with Gasteiger partial charge in [-0.25, -0.2) is 0 Å². The lowest BCUT2D eigenvalue weighted by molar-refractivity contribution is -0.125. The Bertz CT molecular complexity index is 539. The van der Waals surface area contributed by atoms with Crippen LogP contribution in [0.5, 0.6) is 0 Å². The van der Waals surface area contributed by atoms with Gasteiger partial charge in [-0.2, -0.15) is 0 Å². The molecule has 0 aromatic rings. The highest BCUT2D eigenvalue weighted by Crippen LogP contribution is 2.14. The monoisotopic (exact) mass is 554 g/mol. The Morgan fingerprint density at radius 2 is 1.03 bits per heavy atom. The summed E-state index contributed by atoms with van der Waals surface area (Å²) < 4.78 is 0. The SMILES string of the molecule is CCCCCCCC/C=C\CCCCCCCC(O)CC(=O)NC(CO)C(O)CCCCCCCCCCC. The summed E-state index contributed by atoms with van der Waals surface area (Å²) in [4.78, 5) is 12.3. The molecule has 0 rings (SSSR count). The molecule has 0 fully saturated rings. The minimum Gasteiger partial charge on any atom is -0.394 e.